The number of aromatic amines is 1. The molecule has 0 radical (unpaired) electrons. The molecule has 10 rings (SSSR count). The molecule has 2 atom stereocenters. The van der Waals surface area contributed by atoms with Crippen molar-refractivity contribution in [2.75, 3.05) is 55.6 Å². The Kier molecular flexibility index (Phi) is 11.3. The number of aromatic hydroxyl groups is 1. The highest BCUT2D eigenvalue weighted by molar-refractivity contribution is 5.96. The monoisotopic (exact) mass is 853 g/mol. The Bertz CT molecular complexity index is 2790. The molecular weight excluding hydrogens is 795 g/mol. The van der Waals surface area contributed by atoms with Crippen molar-refractivity contribution < 1.29 is 14.9 Å². The topological polar surface area (TPSA) is 97.2 Å². The van der Waals surface area contributed by atoms with E-state index in [2.05, 4.69) is 92.5 Å². The highest BCUT2D eigenvalue weighted by Crippen LogP contribution is 2.47. The summed E-state index contributed by atoms with van der Waals surface area (Å²) in [5.74, 6) is 3.11. The molecule has 9 nitrogen and oxygen atoms in total. The van der Waals surface area contributed by atoms with Crippen molar-refractivity contribution in [3.63, 3.8) is 0 Å². The number of aromatic nitrogens is 2. The Hall–Kier alpha value is -6.29. The number of benzene rings is 5. The zero-order valence-corrected chi connectivity index (χ0v) is 37.2. The van der Waals surface area contributed by atoms with Crippen LogP contribution in [0.4, 0.5) is 11.4 Å². The first-order valence-corrected chi connectivity index (χ1v) is 23.1. The molecule has 2 aromatic heterocycles. The number of aryl methyl sites for hydroxylation is 2. The molecule has 0 amide bonds. The summed E-state index contributed by atoms with van der Waals surface area (Å²) in [5, 5.41) is 22.0. The van der Waals surface area contributed by atoms with E-state index < -0.39 is 5.60 Å². The van der Waals surface area contributed by atoms with Crippen LogP contribution in [0.2, 0.25) is 0 Å². The number of piperidine rings is 1. The minimum Gasteiger partial charge on any atom is -0.508 e. The van der Waals surface area contributed by atoms with Crippen molar-refractivity contribution in [2.24, 2.45) is 13.0 Å². The fraction of sp³-hybridized carbons (Fsp3) is 0.327. The maximum absolute atomic E-state index is 12.9. The molecule has 2 fully saturated rings. The molecule has 328 valence electrons. The summed E-state index contributed by atoms with van der Waals surface area (Å²) >= 11 is 0. The molecule has 0 unspecified atom stereocenters. The van der Waals surface area contributed by atoms with Gasteiger partial charge in [0.2, 0.25) is 0 Å². The third-order valence-electron chi connectivity index (χ3n) is 14.2. The molecule has 0 bridgehead atoms. The van der Waals surface area contributed by atoms with E-state index in [-0.39, 0.29) is 11.5 Å². The number of phenolic OH excluding ortho intramolecular Hbond substituents is 1. The van der Waals surface area contributed by atoms with Gasteiger partial charge in [0.25, 0.3) is 5.56 Å². The number of rotatable bonds is 10. The predicted molar refractivity (Wildman–Crippen MR) is 258 cm³/mol. The van der Waals surface area contributed by atoms with Crippen molar-refractivity contribution in [1.82, 2.24) is 14.5 Å². The maximum Gasteiger partial charge on any atom is 0.274 e. The summed E-state index contributed by atoms with van der Waals surface area (Å²) in [6, 6.07) is 42.4. The Morgan fingerprint density at radius 1 is 0.734 bits per heavy atom. The number of anilines is 2. The second-order valence-electron chi connectivity index (χ2n) is 18.8. The van der Waals surface area contributed by atoms with Crippen LogP contribution in [0.15, 0.2) is 139 Å². The molecule has 0 spiro atoms. The molecule has 1 aliphatic carbocycles. The summed E-state index contributed by atoms with van der Waals surface area (Å²) in [6.45, 7) is 11.0. The number of hydrogen-bond donors (Lipinski definition) is 3. The second-order valence-corrected chi connectivity index (χ2v) is 18.8. The summed E-state index contributed by atoms with van der Waals surface area (Å²) in [5.41, 5.74) is 9.68. The average Bonchev–Trinajstić information content (AvgIpc) is 3.82. The minimum absolute atomic E-state index is 0.0936. The lowest BCUT2D eigenvalue weighted by molar-refractivity contribution is 0.0786. The van der Waals surface area contributed by atoms with Crippen LogP contribution in [0.5, 0.6) is 17.2 Å². The second kappa shape index (κ2) is 17.4. The van der Waals surface area contributed by atoms with E-state index in [9.17, 15) is 15.0 Å². The number of phenols is 1. The average molecular weight is 854 g/mol. The summed E-state index contributed by atoms with van der Waals surface area (Å²) < 4.78 is 8.14. The molecule has 5 aromatic carbocycles. The van der Waals surface area contributed by atoms with Gasteiger partial charge in [-0.05, 0) is 146 Å². The molecule has 3 aliphatic rings. The third kappa shape index (κ3) is 8.42. The molecule has 9 heteroatoms. The molecular formula is C55H59N5O4. The Balaban J connectivity index is 0.741. The van der Waals surface area contributed by atoms with E-state index in [1.54, 1.807) is 31.7 Å². The number of aliphatic hydroxyl groups is 1. The fourth-order valence-corrected chi connectivity index (χ4v) is 10.6. The first kappa shape index (κ1) is 41.7. The van der Waals surface area contributed by atoms with Gasteiger partial charge >= 0.3 is 0 Å². The van der Waals surface area contributed by atoms with Crippen LogP contribution in [0.3, 0.4) is 0 Å². The van der Waals surface area contributed by atoms with E-state index in [0.717, 1.165) is 86.5 Å². The quantitative estimate of drug-likeness (QED) is 0.126. The number of fused-ring (bicyclic) bond motifs is 2. The number of hydrogen-bond acceptors (Lipinski definition) is 7. The van der Waals surface area contributed by atoms with Crippen molar-refractivity contribution in [1.29, 1.82) is 0 Å². The fourth-order valence-electron chi connectivity index (χ4n) is 10.6. The molecule has 2 saturated heterocycles. The number of nitrogens with zero attached hydrogens (tertiary/aromatic N) is 4. The molecule has 7 aromatic rings. The first-order valence-electron chi connectivity index (χ1n) is 23.1. The third-order valence-corrected chi connectivity index (χ3v) is 14.2. The normalized spacial score (nSPS) is 18.6. The van der Waals surface area contributed by atoms with Crippen molar-refractivity contribution in [3.05, 3.63) is 172 Å². The van der Waals surface area contributed by atoms with Crippen LogP contribution in [-0.2, 0) is 19.1 Å². The lowest BCUT2D eigenvalue weighted by Gasteiger charge is -2.40. The summed E-state index contributed by atoms with van der Waals surface area (Å²) in [7, 11) is 1.75. The molecule has 3 N–H and O–H groups in total. The molecule has 4 heterocycles. The van der Waals surface area contributed by atoms with Gasteiger partial charge in [-0.25, -0.2) is 0 Å². The zero-order chi connectivity index (χ0) is 44.0. The van der Waals surface area contributed by atoms with Crippen molar-refractivity contribution in [2.45, 2.75) is 57.0 Å². The van der Waals surface area contributed by atoms with Gasteiger partial charge in [-0.2, -0.15) is 0 Å². The summed E-state index contributed by atoms with van der Waals surface area (Å²) in [6.07, 6.45) is 8.09. The van der Waals surface area contributed by atoms with Gasteiger partial charge in [0.15, 0.2) is 0 Å². The van der Waals surface area contributed by atoms with Gasteiger partial charge in [0.05, 0.1) is 5.60 Å². The van der Waals surface area contributed by atoms with E-state index >= 15 is 0 Å². The van der Waals surface area contributed by atoms with Crippen molar-refractivity contribution >= 4 is 22.3 Å². The summed E-state index contributed by atoms with van der Waals surface area (Å²) in [4.78, 5) is 23.7. The van der Waals surface area contributed by atoms with Gasteiger partial charge in [-0.15, -0.1) is 0 Å². The van der Waals surface area contributed by atoms with E-state index in [1.807, 2.05) is 54.7 Å². The molecule has 2 aliphatic heterocycles. The molecule has 0 saturated carbocycles. The van der Waals surface area contributed by atoms with Crippen LogP contribution < -0.4 is 20.1 Å². The van der Waals surface area contributed by atoms with E-state index in [1.165, 1.54) is 46.5 Å². The first-order chi connectivity index (χ1) is 31.1. The standard InChI is InChI=1S/C55H59N5O4/c1-55(2,63)41-12-22-51(49(34-41)50-36-57(3)54(62)53-48(50)23-26-56-53)64-45-18-15-43(16-19-45)60-31-29-58(30-32-60)35-37-24-27-59(28-25-37)42-13-9-39(10-14-42)52-46(38-7-5-4-6-8-38)20-11-40-33-44(61)17-21-47(40)52/h4-10,12-19,21-23,26,33-34,36-37,46,52,56,61,63H,11,20,24-25,27-32,35H2,1-3H3/t46-,52+/m1/s1. The van der Waals surface area contributed by atoms with Gasteiger partial charge in [-0.3, -0.25) is 9.69 Å². The number of nitrogens with one attached hydrogen (secondary N) is 1. The smallest absolute Gasteiger partial charge is 0.274 e. The lowest BCUT2D eigenvalue weighted by atomic mass is 9.69. The largest absolute Gasteiger partial charge is 0.508 e. The van der Waals surface area contributed by atoms with Gasteiger partial charge in [0, 0.05) is 99.1 Å². The highest BCUT2D eigenvalue weighted by Gasteiger charge is 2.33. The van der Waals surface area contributed by atoms with Crippen LogP contribution in [0.25, 0.3) is 22.0 Å². The highest BCUT2D eigenvalue weighted by atomic mass is 16.5. The minimum atomic E-state index is -1.05. The van der Waals surface area contributed by atoms with Crippen LogP contribution in [0.1, 0.15) is 72.8 Å². The number of pyridine rings is 1. The number of H-pyrrole nitrogens is 1. The van der Waals surface area contributed by atoms with Crippen LogP contribution >= 0.6 is 0 Å². The Labute approximate surface area is 376 Å². The van der Waals surface area contributed by atoms with E-state index in [4.69, 9.17) is 4.74 Å². The Morgan fingerprint density at radius 3 is 2.16 bits per heavy atom. The van der Waals surface area contributed by atoms with Gasteiger partial charge in [-0.1, -0.05) is 54.6 Å². The van der Waals surface area contributed by atoms with Gasteiger partial charge in [0.1, 0.15) is 22.8 Å². The van der Waals surface area contributed by atoms with Crippen LogP contribution in [0, 0.1) is 5.92 Å². The zero-order valence-electron chi connectivity index (χ0n) is 37.2. The van der Waals surface area contributed by atoms with Gasteiger partial charge < -0.3 is 34.3 Å². The van der Waals surface area contributed by atoms with Crippen molar-refractivity contribution in [3.8, 4) is 28.4 Å². The SMILES string of the molecule is Cn1cc(-c2cc(C(C)(C)O)ccc2Oc2ccc(N3CCN(CC4CCN(c5ccc([C@@H]6c7ccc(O)cc7CC[C@@H]6c6ccccc6)cc5)CC4)CC3)cc2)c2cc[nH]c2c1=O. The van der Waals surface area contributed by atoms with E-state index in [0.29, 0.717) is 28.9 Å². The maximum atomic E-state index is 12.9. The van der Waals surface area contributed by atoms with Crippen LogP contribution in [-0.4, -0.2) is 70.5 Å². The lowest BCUT2D eigenvalue weighted by Crippen LogP contribution is -2.49. The predicted octanol–water partition coefficient (Wildman–Crippen LogP) is 10.2. The Morgan fingerprint density at radius 2 is 1.44 bits per heavy atom. The number of ether oxygens (including phenoxy) is 1. The molecule has 64 heavy (non-hydrogen) atoms. The number of piperazine rings is 1.